The third kappa shape index (κ3) is 3.42. The molecular formula is C21H17N3O4S. The first-order valence-electron chi connectivity index (χ1n) is 9.18. The highest BCUT2D eigenvalue weighted by atomic mass is 32.1. The molecule has 2 aliphatic heterocycles. The first-order chi connectivity index (χ1) is 14.2. The Labute approximate surface area is 170 Å². The van der Waals surface area contributed by atoms with Crippen LogP contribution in [0.25, 0.3) is 10.6 Å². The van der Waals surface area contributed by atoms with Crippen LogP contribution in [0.3, 0.4) is 0 Å². The summed E-state index contributed by atoms with van der Waals surface area (Å²) >= 11 is 1.56. The van der Waals surface area contributed by atoms with Gasteiger partial charge in [-0.3, -0.25) is 9.59 Å². The van der Waals surface area contributed by atoms with Crippen LogP contribution < -0.4 is 19.7 Å². The molecule has 5 rings (SSSR count). The summed E-state index contributed by atoms with van der Waals surface area (Å²) in [5.74, 6) is 0.623. The molecule has 7 nitrogen and oxygen atoms in total. The molecule has 1 fully saturated rings. The lowest BCUT2D eigenvalue weighted by molar-refractivity contribution is -0.122. The van der Waals surface area contributed by atoms with Gasteiger partial charge in [-0.05, 0) is 36.4 Å². The second-order valence-corrected chi connectivity index (χ2v) is 7.74. The lowest BCUT2D eigenvalue weighted by Crippen LogP contribution is -2.28. The van der Waals surface area contributed by atoms with Gasteiger partial charge >= 0.3 is 0 Å². The van der Waals surface area contributed by atoms with Gasteiger partial charge in [-0.1, -0.05) is 0 Å². The maximum Gasteiger partial charge on any atom is 0.231 e. The van der Waals surface area contributed by atoms with Crippen LogP contribution in [-0.4, -0.2) is 30.1 Å². The third-order valence-corrected chi connectivity index (χ3v) is 5.82. The molecule has 3 heterocycles. The highest BCUT2D eigenvalue weighted by Gasteiger charge is 2.35. The highest BCUT2D eigenvalue weighted by Crippen LogP contribution is 2.37. The molecule has 1 saturated heterocycles. The minimum Gasteiger partial charge on any atom is -0.454 e. The fraction of sp³-hybridized carbons (Fsp3) is 0.190. The van der Waals surface area contributed by atoms with Crippen LogP contribution in [0.15, 0.2) is 54.0 Å². The monoisotopic (exact) mass is 407 g/mol. The van der Waals surface area contributed by atoms with Crippen molar-refractivity contribution in [2.24, 2.45) is 5.92 Å². The Morgan fingerprint density at radius 2 is 1.97 bits per heavy atom. The Morgan fingerprint density at radius 3 is 2.76 bits per heavy atom. The number of fused-ring (bicyclic) bond motifs is 1. The van der Waals surface area contributed by atoms with Gasteiger partial charge in [0.25, 0.3) is 0 Å². The average molecular weight is 407 g/mol. The zero-order valence-corrected chi connectivity index (χ0v) is 16.1. The summed E-state index contributed by atoms with van der Waals surface area (Å²) in [4.78, 5) is 31.1. The Balaban J connectivity index is 1.26. The van der Waals surface area contributed by atoms with E-state index in [0.717, 1.165) is 10.6 Å². The molecule has 2 aliphatic rings. The number of hydrogen-bond acceptors (Lipinski definition) is 6. The van der Waals surface area contributed by atoms with Crippen molar-refractivity contribution in [3.05, 3.63) is 54.0 Å². The normalized spacial score (nSPS) is 17.6. The van der Waals surface area contributed by atoms with Gasteiger partial charge in [-0.15, -0.1) is 11.3 Å². The largest absolute Gasteiger partial charge is 0.454 e. The van der Waals surface area contributed by atoms with E-state index in [1.165, 1.54) is 0 Å². The van der Waals surface area contributed by atoms with Crippen LogP contribution in [0, 0.1) is 5.92 Å². The summed E-state index contributed by atoms with van der Waals surface area (Å²) in [5.41, 5.74) is 2.41. The quantitative estimate of drug-likeness (QED) is 0.716. The van der Waals surface area contributed by atoms with Gasteiger partial charge in [0, 0.05) is 47.5 Å². The molecule has 1 unspecified atom stereocenters. The van der Waals surface area contributed by atoms with Gasteiger partial charge < -0.3 is 19.7 Å². The number of nitrogens with one attached hydrogen (secondary N) is 1. The lowest BCUT2D eigenvalue weighted by Gasteiger charge is -2.17. The molecule has 0 spiro atoms. The smallest absolute Gasteiger partial charge is 0.231 e. The van der Waals surface area contributed by atoms with E-state index in [2.05, 4.69) is 10.3 Å². The molecule has 0 aliphatic carbocycles. The van der Waals surface area contributed by atoms with Crippen molar-refractivity contribution in [1.29, 1.82) is 0 Å². The van der Waals surface area contributed by atoms with E-state index < -0.39 is 5.92 Å². The van der Waals surface area contributed by atoms with Crippen LogP contribution >= 0.6 is 11.3 Å². The number of anilines is 2. The highest BCUT2D eigenvalue weighted by molar-refractivity contribution is 7.13. The van der Waals surface area contributed by atoms with Gasteiger partial charge in [-0.2, -0.15) is 0 Å². The van der Waals surface area contributed by atoms with E-state index in [1.54, 1.807) is 34.6 Å². The maximum atomic E-state index is 12.7. The molecule has 0 radical (unpaired) electrons. The topological polar surface area (TPSA) is 80.8 Å². The van der Waals surface area contributed by atoms with Crippen molar-refractivity contribution in [1.82, 2.24) is 4.98 Å². The van der Waals surface area contributed by atoms with Crippen molar-refractivity contribution in [3.63, 3.8) is 0 Å². The number of carbonyl (C=O) groups excluding carboxylic acids is 2. The average Bonchev–Trinajstić information content (AvgIpc) is 3.48. The molecule has 29 heavy (non-hydrogen) atoms. The van der Waals surface area contributed by atoms with Crippen molar-refractivity contribution < 1.29 is 19.1 Å². The number of thiazole rings is 1. The van der Waals surface area contributed by atoms with E-state index >= 15 is 0 Å². The van der Waals surface area contributed by atoms with Crippen LogP contribution in [-0.2, 0) is 9.59 Å². The predicted molar refractivity (Wildman–Crippen MR) is 109 cm³/mol. The molecule has 1 atom stereocenters. The summed E-state index contributed by atoms with van der Waals surface area (Å²) in [6.07, 6.45) is 1.94. The number of rotatable bonds is 4. The fourth-order valence-corrected chi connectivity index (χ4v) is 4.14. The van der Waals surface area contributed by atoms with E-state index in [9.17, 15) is 9.59 Å². The van der Waals surface area contributed by atoms with E-state index in [0.29, 0.717) is 29.4 Å². The summed E-state index contributed by atoms with van der Waals surface area (Å²) in [7, 11) is 0. The summed E-state index contributed by atoms with van der Waals surface area (Å²) in [6, 6.07) is 12.9. The molecule has 1 N–H and O–H groups in total. The van der Waals surface area contributed by atoms with Crippen molar-refractivity contribution in [2.75, 3.05) is 23.6 Å². The second-order valence-electron chi connectivity index (χ2n) is 6.85. The Bertz CT molecular complexity index is 1070. The van der Waals surface area contributed by atoms with Crippen LogP contribution in [0.1, 0.15) is 6.42 Å². The summed E-state index contributed by atoms with van der Waals surface area (Å²) < 4.78 is 10.7. The number of ether oxygens (including phenoxy) is 2. The van der Waals surface area contributed by atoms with Crippen LogP contribution in [0.5, 0.6) is 11.5 Å². The predicted octanol–water partition coefficient (Wildman–Crippen LogP) is 3.53. The zero-order chi connectivity index (χ0) is 19.8. The van der Waals surface area contributed by atoms with Gasteiger partial charge in [0.1, 0.15) is 5.01 Å². The van der Waals surface area contributed by atoms with Gasteiger partial charge in [-0.25, -0.2) is 4.98 Å². The first-order valence-corrected chi connectivity index (χ1v) is 10.1. The van der Waals surface area contributed by atoms with E-state index in [-0.39, 0.29) is 25.0 Å². The molecular weight excluding hydrogens is 390 g/mol. The van der Waals surface area contributed by atoms with Crippen molar-refractivity contribution in [3.8, 4) is 22.1 Å². The van der Waals surface area contributed by atoms with Gasteiger partial charge in [0.05, 0.1) is 5.92 Å². The molecule has 3 aromatic rings. The lowest BCUT2D eigenvalue weighted by atomic mass is 10.1. The third-order valence-electron chi connectivity index (χ3n) is 5.00. The Morgan fingerprint density at radius 1 is 1.14 bits per heavy atom. The second kappa shape index (κ2) is 7.21. The fourth-order valence-electron chi connectivity index (χ4n) is 3.49. The van der Waals surface area contributed by atoms with Crippen LogP contribution in [0.2, 0.25) is 0 Å². The van der Waals surface area contributed by atoms with Gasteiger partial charge in [0.2, 0.25) is 18.6 Å². The maximum absolute atomic E-state index is 12.7. The summed E-state index contributed by atoms with van der Waals surface area (Å²) in [5, 5.41) is 5.77. The molecule has 8 heteroatoms. The van der Waals surface area contributed by atoms with E-state index in [1.807, 2.05) is 35.7 Å². The molecule has 0 bridgehead atoms. The number of hydrogen-bond donors (Lipinski definition) is 1. The Hall–Kier alpha value is -3.39. The molecule has 0 saturated carbocycles. The summed E-state index contributed by atoms with van der Waals surface area (Å²) in [6.45, 7) is 0.514. The standard InChI is InChI=1S/C21H17N3O4S/c25-19-9-14(11-24(19)16-5-6-17-18(10-16)28-12-27-17)20(26)23-15-3-1-13(2-4-15)21-22-7-8-29-21/h1-8,10,14H,9,11-12H2,(H,23,26). The minimum absolute atomic E-state index is 0.0804. The number of benzene rings is 2. The Kier molecular flexibility index (Phi) is 4.40. The van der Waals surface area contributed by atoms with Crippen molar-refractivity contribution in [2.45, 2.75) is 6.42 Å². The van der Waals surface area contributed by atoms with Crippen LogP contribution in [0.4, 0.5) is 11.4 Å². The number of nitrogens with zero attached hydrogens (tertiary/aromatic N) is 2. The number of amides is 2. The first kappa shape index (κ1) is 17.7. The molecule has 2 aromatic carbocycles. The molecule has 1 aromatic heterocycles. The van der Waals surface area contributed by atoms with Crippen molar-refractivity contribution >= 4 is 34.5 Å². The van der Waals surface area contributed by atoms with E-state index in [4.69, 9.17) is 9.47 Å². The molecule has 146 valence electrons. The number of carbonyl (C=O) groups is 2. The minimum atomic E-state index is -0.411. The molecule has 2 amide bonds. The van der Waals surface area contributed by atoms with Gasteiger partial charge in [0.15, 0.2) is 11.5 Å². The zero-order valence-electron chi connectivity index (χ0n) is 15.3. The SMILES string of the molecule is O=C(Nc1ccc(-c2nccs2)cc1)C1CC(=O)N(c2ccc3c(c2)OCO3)C1. The number of aromatic nitrogens is 1.